The van der Waals surface area contributed by atoms with Crippen LogP contribution in [0.2, 0.25) is 0 Å². The minimum atomic E-state index is -4.67. The van der Waals surface area contributed by atoms with E-state index in [0.29, 0.717) is 24.8 Å². The van der Waals surface area contributed by atoms with Crippen LogP contribution in [0.15, 0.2) is 17.1 Å². The van der Waals surface area contributed by atoms with E-state index in [1.807, 2.05) is 0 Å². The molecule has 1 aromatic rings. The second-order valence-corrected chi connectivity index (χ2v) is 4.83. The Hall–Kier alpha value is -1.79. The first kappa shape index (κ1) is 13.6. The molecule has 4 nitrogen and oxygen atoms in total. The number of alkyl halides is 3. The van der Waals surface area contributed by atoms with E-state index in [1.54, 1.807) is 0 Å². The number of carbonyl (C=O) groups is 1. The Morgan fingerprint density at radius 3 is 2.58 bits per heavy atom. The van der Waals surface area contributed by atoms with E-state index in [1.165, 1.54) is 6.20 Å². The summed E-state index contributed by atoms with van der Waals surface area (Å²) in [6.45, 7) is 0. The van der Waals surface area contributed by atoms with E-state index in [4.69, 9.17) is 5.11 Å². The standard InChI is InChI=1S/C12H12F3NO3/c13-12(14,15)9-4-7(5-16-10(9)17)1-6-2-8(3-6)11(18)19/h4-6,8H,1-3H2,(H,16,17)(H,18,19). The van der Waals surface area contributed by atoms with Crippen molar-refractivity contribution in [3.63, 3.8) is 0 Å². The van der Waals surface area contributed by atoms with Crippen LogP contribution in [0.25, 0.3) is 0 Å². The number of hydrogen-bond acceptors (Lipinski definition) is 2. The zero-order valence-corrected chi connectivity index (χ0v) is 9.83. The van der Waals surface area contributed by atoms with E-state index in [-0.39, 0.29) is 5.92 Å². The highest BCUT2D eigenvalue weighted by atomic mass is 19.4. The molecule has 2 rings (SSSR count). The van der Waals surface area contributed by atoms with Gasteiger partial charge in [-0.3, -0.25) is 9.59 Å². The van der Waals surface area contributed by atoms with E-state index < -0.39 is 29.2 Å². The number of aromatic nitrogens is 1. The molecule has 1 aromatic heterocycles. The van der Waals surface area contributed by atoms with Crippen LogP contribution in [0, 0.1) is 11.8 Å². The summed E-state index contributed by atoms with van der Waals surface area (Å²) in [6, 6.07) is 0.840. The van der Waals surface area contributed by atoms with Crippen LogP contribution in [0.5, 0.6) is 0 Å². The summed E-state index contributed by atoms with van der Waals surface area (Å²) in [4.78, 5) is 23.8. The fraction of sp³-hybridized carbons (Fsp3) is 0.500. The number of halogens is 3. The van der Waals surface area contributed by atoms with Gasteiger partial charge in [0.1, 0.15) is 5.56 Å². The first-order valence-corrected chi connectivity index (χ1v) is 5.79. The number of nitrogens with one attached hydrogen (secondary N) is 1. The molecule has 1 aliphatic carbocycles. The van der Waals surface area contributed by atoms with Crippen LogP contribution >= 0.6 is 0 Å². The molecule has 0 unspecified atom stereocenters. The molecule has 2 N–H and O–H groups in total. The number of carboxylic acid groups (broad SMARTS) is 1. The molecule has 0 bridgehead atoms. The fourth-order valence-corrected chi connectivity index (χ4v) is 2.29. The predicted octanol–water partition coefficient (Wildman–Crippen LogP) is 2.05. The van der Waals surface area contributed by atoms with Gasteiger partial charge in [-0.15, -0.1) is 0 Å². The van der Waals surface area contributed by atoms with Crippen LogP contribution in [0.1, 0.15) is 24.0 Å². The smallest absolute Gasteiger partial charge is 0.421 e. The van der Waals surface area contributed by atoms with Gasteiger partial charge in [-0.05, 0) is 36.8 Å². The molecule has 0 aliphatic heterocycles. The zero-order valence-electron chi connectivity index (χ0n) is 9.83. The lowest BCUT2D eigenvalue weighted by molar-refractivity contribution is -0.146. The number of aliphatic carboxylic acids is 1. The number of pyridine rings is 1. The lowest BCUT2D eigenvalue weighted by Crippen LogP contribution is -2.31. The molecule has 0 radical (unpaired) electrons. The number of carboxylic acids is 1. The van der Waals surface area contributed by atoms with Crippen LogP contribution in [0.3, 0.4) is 0 Å². The van der Waals surface area contributed by atoms with Gasteiger partial charge in [0.25, 0.3) is 5.56 Å². The maximum atomic E-state index is 12.5. The second-order valence-electron chi connectivity index (χ2n) is 4.83. The summed E-state index contributed by atoms with van der Waals surface area (Å²) in [5.41, 5.74) is -1.99. The molecule has 0 amide bonds. The van der Waals surface area contributed by atoms with E-state index >= 15 is 0 Å². The van der Waals surface area contributed by atoms with Crippen molar-refractivity contribution in [3.05, 3.63) is 33.7 Å². The van der Waals surface area contributed by atoms with Crippen LogP contribution < -0.4 is 5.56 Å². The third kappa shape index (κ3) is 2.97. The number of H-pyrrole nitrogens is 1. The van der Waals surface area contributed by atoms with Gasteiger partial charge in [0.2, 0.25) is 0 Å². The average molecular weight is 275 g/mol. The van der Waals surface area contributed by atoms with Gasteiger partial charge in [-0.25, -0.2) is 0 Å². The quantitative estimate of drug-likeness (QED) is 0.887. The Morgan fingerprint density at radius 1 is 1.42 bits per heavy atom. The highest BCUT2D eigenvalue weighted by molar-refractivity contribution is 5.71. The van der Waals surface area contributed by atoms with E-state index in [9.17, 15) is 22.8 Å². The van der Waals surface area contributed by atoms with Gasteiger partial charge < -0.3 is 10.1 Å². The van der Waals surface area contributed by atoms with Gasteiger partial charge >= 0.3 is 12.1 Å². The summed E-state index contributed by atoms with van der Waals surface area (Å²) in [6.07, 6.45) is -2.13. The molecule has 104 valence electrons. The number of rotatable bonds is 3. The van der Waals surface area contributed by atoms with Gasteiger partial charge in [0, 0.05) is 6.20 Å². The monoisotopic (exact) mass is 275 g/mol. The molecular weight excluding hydrogens is 263 g/mol. The van der Waals surface area contributed by atoms with Crippen molar-refractivity contribution in [2.45, 2.75) is 25.4 Å². The van der Waals surface area contributed by atoms with Crippen LogP contribution in [0.4, 0.5) is 13.2 Å². The van der Waals surface area contributed by atoms with Gasteiger partial charge in [0.15, 0.2) is 0 Å². The summed E-state index contributed by atoms with van der Waals surface area (Å²) in [7, 11) is 0. The predicted molar refractivity (Wildman–Crippen MR) is 59.6 cm³/mol. The van der Waals surface area contributed by atoms with Crippen molar-refractivity contribution >= 4 is 5.97 Å². The number of hydrogen-bond donors (Lipinski definition) is 2. The zero-order chi connectivity index (χ0) is 14.2. The molecule has 7 heteroatoms. The van der Waals surface area contributed by atoms with Crippen molar-refractivity contribution in [2.75, 3.05) is 0 Å². The molecule has 1 aliphatic rings. The first-order valence-electron chi connectivity index (χ1n) is 5.79. The van der Waals surface area contributed by atoms with Crippen LogP contribution in [-0.2, 0) is 17.4 Å². The van der Waals surface area contributed by atoms with Gasteiger partial charge in [-0.1, -0.05) is 0 Å². The Labute approximate surface area is 106 Å². The summed E-state index contributed by atoms with van der Waals surface area (Å²) >= 11 is 0. The highest BCUT2D eigenvalue weighted by Crippen LogP contribution is 2.36. The molecule has 0 atom stereocenters. The minimum Gasteiger partial charge on any atom is -0.481 e. The van der Waals surface area contributed by atoms with E-state index in [0.717, 1.165) is 6.07 Å². The normalized spacial score (nSPS) is 22.9. The van der Waals surface area contributed by atoms with Gasteiger partial charge in [-0.2, -0.15) is 13.2 Å². The molecule has 1 saturated carbocycles. The largest absolute Gasteiger partial charge is 0.481 e. The summed E-state index contributed by atoms with van der Waals surface area (Å²) in [5, 5.41) is 8.71. The SMILES string of the molecule is O=C(O)C1CC(Cc2c[nH]c(=O)c(C(F)(F)F)c2)C1. The molecule has 0 spiro atoms. The lowest BCUT2D eigenvalue weighted by atomic mass is 9.72. The Balaban J connectivity index is 2.07. The molecule has 0 aromatic carbocycles. The molecule has 1 fully saturated rings. The maximum absolute atomic E-state index is 12.5. The van der Waals surface area contributed by atoms with Crippen molar-refractivity contribution in [1.29, 1.82) is 0 Å². The molecule has 0 saturated heterocycles. The second kappa shape index (κ2) is 4.71. The molecule has 1 heterocycles. The minimum absolute atomic E-state index is 0.0630. The third-order valence-corrected chi connectivity index (χ3v) is 3.38. The molecule has 19 heavy (non-hydrogen) atoms. The highest BCUT2D eigenvalue weighted by Gasteiger charge is 2.36. The maximum Gasteiger partial charge on any atom is 0.421 e. The van der Waals surface area contributed by atoms with Gasteiger partial charge in [0.05, 0.1) is 5.92 Å². The Bertz CT molecular complexity index is 544. The van der Waals surface area contributed by atoms with Crippen LogP contribution in [-0.4, -0.2) is 16.1 Å². The third-order valence-electron chi connectivity index (χ3n) is 3.38. The fourth-order valence-electron chi connectivity index (χ4n) is 2.29. The van der Waals surface area contributed by atoms with E-state index in [2.05, 4.69) is 4.98 Å². The Morgan fingerprint density at radius 2 is 2.05 bits per heavy atom. The van der Waals surface area contributed by atoms with Crippen molar-refractivity contribution < 1.29 is 23.1 Å². The van der Waals surface area contributed by atoms with Crippen molar-refractivity contribution in [1.82, 2.24) is 4.98 Å². The molecular formula is C12H12F3NO3. The Kier molecular flexibility index (Phi) is 3.38. The topological polar surface area (TPSA) is 70.2 Å². The van der Waals surface area contributed by atoms with Crippen molar-refractivity contribution in [2.24, 2.45) is 11.8 Å². The number of aromatic amines is 1. The average Bonchev–Trinajstić information content (AvgIpc) is 2.22. The van der Waals surface area contributed by atoms with Crippen molar-refractivity contribution in [3.8, 4) is 0 Å². The first-order chi connectivity index (χ1) is 8.77. The summed E-state index contributed by atoms with van der Waals surface area (Å²) < 4.78 is 37.6. The summed E-state index contributed by atoms with van der Waals surface area (Å²) in [5.74, 6) is -1.20. The lowest BCUT2D eigenvalue weighted by Gasteiger charge is -2.32.